The molecule has 17 heavy (non-hydrogen) atoms. The van der Waals surface area contributed by atoms with E-state index in [1.165, 1.54) is 17.3 Å². The number of halogens is 1. The van der Waals surface area contributed by atoms with Gasteiger partial charge in [-0.15, -0.1) is 0 Å². The van der Waals surface area contributed by atoms with Crippen LogP contribution in [0.25, 0.3) is 0 Å². The molecule has 0 saturated heterocycles. The first-order chi connectivity index (χ1) is 8.15. The van der Waals surface area contributed by atoms with Crippen LogP contribution in [0.15, 0.2) is 30.5 Å². The molecule has 1 aromatic heterocycles. The third kappa shape index (κ3) is 3.07. The minimum Gasteiger partial charge on any atom is -0.394 e. The van der Waals surface area contributed by atoms with Crippen molar-refractivity contribution < 1.29 is 0 Å². The number of benzene rings is 1. The molecule has 0 spiro atoms. The van der Waals surface area contributed by atoms with Crippen LogP contribution in [0.5, 0.6) is 0 Å². The maximum Gasteiger partial charge on any atom is 0.224 e. The lowest BCUT2D eigenvalue weighted by Gasteiger charge is -2.08. The quantitative estimate of drug-likeness (QED) is 0.820. The van der Waals surface area contributed by atoms with Crippen molar-refractivity contribution in [1.29, 1.82) is 0 Å². The summed E-state index contributed by atoms with van der Waals surface area (Å²) in [7, 11) is 0. The maximum atomic E-state index is 5.74. The molecule has 2 rings (SSSR count). The van der Waals surface area contributed by atoms with Crippen molar-refractivity contribution in [1.82, 2.24) is 9.97 Å². The van der Waals surface area contributed by atoms with E-state index in [4.69, 9.17) is 17.3 Å². The molecule has 1 aromatic carbocycles. The Morgan fingerprint density at radius 1 is 1.41 bits per heavy atom. The summed E-state index contributed by atoms with van der Waals surface area (Å²) in [5.41, 5.74) is 8.61. The maximum absolute atomic E-state index is 5.74. The molecule has 0 unspecified atom stereocenters. The minimum absolute atomic E-state index is 0.186. The van der Waals surface area contributed by atoms with Gasteiger partial charge in [-0.1, -0.05) is 29.8 Å². The summed E-state index contributed by atoms with van der Waals surface area (Å²) in [6, 6.07) is 8.22. The molecule has 2 aromatic rings. The number of hydrogen-bond donors (Lipinski definition) is 2. The first kappa shape index (κ1) is 11.7. The fraction of sp³-hybridized carbons (Fsp3) is 0.167. The molecule has 0 aliphatic heterocycles. The van der Waals surface area contributed by atoms with E-state index in [2.05, 4.69) is 34.3 Å². The standard InChI is InChI=1S/C12H13ClN4/c1-8-3-2-4-9(5-8)6-15-11-10(14)7-16-12(13)17-11/h2-5,7H,6,14H2,1H3,(H,15,16,17). The smallest absolute Gasteiger partial charge is 0.224 e. The lowest BCUT2D eigenvalue weighted by molar-refractivity contribution is 1.08. The number of aryl methyl sites for hydroxylation is 1. The van der Waals surface area contributed by atoms with Gasteiger partial charge in [0.1, 0.15) is 0 Å². The Morgan fingerprint density at radius 2 is 2.24 bits per heavy atom. The molecule has 0 fully saturated rings. The fourth-order valence-corrected chi connectivity index (χ4v) is 1.65. The highest BCUT2D eigenvalue weighted by Gasteiger charge is 2.02. The van der Waals surface area contributed by atoms with E-state index in [-0.39, 0.29) is 5.28 Å². The van der Waals surface area contributed by atoms with Crippen LogP contribution in [0.1, 0.15) is 11.1 Å². The Hall–Kier alpha value is -1.81. The highest BCUT2D eigenvalue weighted by atomic mass is 35.5. The molecule has 88 valence electrons. The van der Waals surface area contributed by atoms with Gasteiger partial charge in [0.25, 0.3) is 0 Å². The average molecular weight is 249 g/mol. The molecule has 0 amide bonds. The normalized spacial score (nSPS) is 10.2. The van der Waals surface area contributed by atoms with E-state index in [0.717, 1.165) is 0 Å². The van der Waals surface area contributed by atoms with Crippen LogP contribution in [-0.2, 0) is 6.54 Å². The second-order valence-electron chi connectivity index (χ2n) is 3.79. The van der Waals surface area contributed by atoms with Crippen molar-refractivity contribution in [3.63, 3.8) is 0 Å². The van der Waals surface area contributed by atoms with Crippen molar-refractivity contribution in [2.45, 2.75) is 13.5 Å². The number of rotatable bonds is 3. The van der Waals surface area contributed by atoms with Gasteiger partial charge in [-0.25, -0.2) is 4.98 Å². The number of aromatic nitrogens is 2. The van der Waals surface area contributed by atoms with E-state index in [1.54, 1.807) is 0 Å². The molecule has 0 aliphatic carbocycles. The molecule has 0 atom stereocenters. The summed E-state index contributed by atoms with van der Waals surface area (Å²) >= 11 is 5.71. The Balaban J connectivity index is 2.09. The number of nitrogens with zero attached hydrogens (tertiary/aromatic N) is 2. The lowest BCUT2D eigenvalue weighted by atomic mass is 10.1. The monoisotopic (exact) mass is 248 g/mol. The van der Waals surface area contributed by atoms with Gasteiger partial charge >= 0.3 is 0 Å². The highest BCUT2D eigenvalue weighted by molar-refractivity contribution is 6.28. The van der Waals surface area contributed by atoms with E-state index in [0.29, 0.717) is 18.1 Å². The summed E-state index contributed by atoms with van der Waals surface area (Å²) in [6.07, 6.45) is 1.49. The second-order valence-corrected chi connectivity index (χ2v) is 4.12. The average Bonchev–Trinajstić information content (AvgIpc) is 2.30. The third-order valence-corrected chi connectivity index (χ3v) is 2.51. The molecule has 3 N–H and O–H groups in total. The first-order valence-corrected chi connectivity index (χ1v) is 5.60. The predicted octanol–water partition coefficient (Wildman–Crippen LogP) is 2.63. The summed E-state index contributed by atoms with van der Waals surface area (Å²) in [4.78, 5) is 7.83. The van der Waals surface area contributed by atoms with E-state index < -0.39 is 0 Å². The Morgan fingerprint density at radius 3 is 3.00 bits per heavy atom. The third-order valence-electron chi connectivity index (χ3n) is 2.33. The summed E-state index contributed by atoms with van der Waals surface area (Å²) in [5, 5.41) is 3.32. The van der Waals surface area contributed by atoms with Crippen LogP contribution >= 0.6 is 11.6 Å². The van der Waals surface area contributed by atoms with Crippen LogP contribution in [0.3, 0.4) is 0 Å². The number of nitrogen functional groups attached to an aromatic ring is 1. The summed E-state index contributed by atoms with van der Waals surface area (Å²) < 4.78 is 0. The van der Waals surface area contributed by atoms with Crippen LogP contribution in [0.2, 0.25) is 5.28 Å². The SMILES string of the molecule is Cc1cccc(CNc2nc(Cl)ncc2N)c1. The fourth-order valence-electron chi connectivity index (χ4n) is 1.52. The van der Waals surface area contributed by atoms with E-state index >= 15 is 0 Å². The molecule has 0 bridgehead atoms. The van der Waals surface area contributed by atoms with Gasteiger partial charge in [0.05, 0.1) is 11.9 Å². The molecule has 5 heteroatoms. The highest BCUT2D eigenvalue weighted by Crippen LogP contribution is 2.17. The first-order valence-electron chi connectivity index (χ1n) is 5.22. The number of nitrogens with one attached hydrogen (secondary N) is 1. The second kappa shape index (κ2) is 5.01. The van der Waals surface area contributed by atoms with Crippen LogP contribution in [0, 0.1) is 6.92 Å². The molecule has 1 heterocycles. The zero-order chi connectivity index (χ0) is 12.3. The van der Waals surface area contributed by atoms with Crippen LogP contribution in [-0.4, -0.2) is 9.97 Å². The van der Waals surface area contributed by atoms with Gasteiger partial charge in [0.15, 0.2) is 5.82 Å². The van der Waals surface area contributed by atoms with E-state index in [9.17, 15) is 0 Å². The van der Waals surface area contributed by atoms with Crippen molar-refractivity contribution >= 4 is 23.1 Å². The topological polar surface area (TPSA) is 63.8 Å². The molecule has 0 saturated carbocycles. The van der Waals surface area contributed by atoms with Gasteiger partial charge in [0.2, 0.25) is 5.28 Å². The summed E-state index contributed by atoms with van der Waals surface area (Å²) in [5.74, 6) is 0.562. The number of nitrogens with two attached hydrogens (primary N) is 1. The minimum atomic E-state index is 0.186. The number of hydrogen-bond acceptors (Lipinski definition) is 4. The van der Waals surface area contributed by atoms with Crippen LogP contribution in [0.4, 0.5) is 11.5 Å². The number of anilines is 2. The predicted molar refractivity (Wildman–Crippen MR) is 70.0 cm³/mol. The van der Waals surface area contributed by atoms with Gasteiger partial charge < -0.3 is 11.1 Å². The van der Waals surface area contributed by atoms with Gasteiger partial charge in [0, 0.05) is 6.54 Å². The largest absolute Gasteiger partial charge is 0.394 e. The Bertz CT molecular complexity index is 528. The van der Waals surface area contributed by atoms with Gasteiger partial charge in [-0.3, -0.25) is 0 Å². The molecular formula is C12H13ClN4. The van der Waals surface area contributed by atoms with Crippen LogP contribution < -0.4 is 11.1 Å². The lowest BCUT2D eigenvalue weighted by Crippen LogP contribution is -2.05. The van der Waals surface area contributed by atoms with Crippen molar-refractivity contribution in [3.8, 4) is 0 Å². The molecule has 4 nitrogen and oxygen atoms in total. The van der Waals surface area contributed by atoms with Gasteiger partial charge in [-0.05, 0) is 24.1 Å². The van der Waals surface area contributed by atoms with Crippen molar-refractivity contribution in [2.75, 3.05) is 11.1 Å². The Labute approximate surface area is 105 Å². The Kier molecular flexibility index (Phi) is 3.44. The van der Waals surface area contributed by atoms with Crippen molar-refractivity contribution in [3.05, 3.63) is 46.9 Å². The zero-order valence-corrected chi connectivity index (χ0v) is 10.2. The van der Waals surface area contributed by atoms with E-state index in [1.807, 2.05) is 12.1 Å². The summed E-state index contributed by atoms with van der Waals surface area (Å²) in [6.45, 7) is 2.71. The van der Waals surface area contributed by atoms with Crippen molar-refractivity contribution in [2.24, 2.45) is 0 Å². The molecule has 0 aliphatic rings. The molecule has 0 radical (unpaired) electrons. The van der Waals surface area contributed by atoms with Gasteiger partial charge in [-0.2, -0.15) is 4.98 Å². The zero-order valence-electron chi connectivity index (χ0n) is 9.44. The molecular weight excluding hydrogens is 236 g/mol.